The van der Waals surface area contributed by atoms with E-state index < -0.39 is 7.12 Å². The van der Waals surface area contributed by atoms with E-state index in [4.69, 9.17) is 0 Å². The molecule has 0 fully saturated rings. The number of benzene rings is 4. The highest BCUT2D eigenvalue weighted by Crippen LogP contribution is 2.35. The average Bonchev–Trinajstić information content (AvgIpc) is 2.74. The van der Waals surface area contributed by atoms with E-state index in [2.05, 4.69) is 54.6 Å². The van der Waals surface area contributed by atoms with Gasteiger partial charge in [-0.2, -0.15) is 0 Å². The first-order valence-corrected chi connectivity index (χ1v) is 8.94. The second kappa shape index (κ2) is 7.62. The lowest BCUT2D eigenvalue weighted by atomic mass is 9.79. The molecule has 0 saturated heterocycles. The van der Waals surface area contributed by atoms with Crippen LogP contribution in [0.5, 0.6) is 0 Å². The zero-order chi connectivity index (χ0) is 18.6. The van der Waals surface area contributed by atoms with Crippen molar-refractivity contribution >= 4 is 12.6 Å². The standard InChI is InChI=1S/C24H19BO2/c26-25(27)22-14-11-18(12-15-22)21-13-16-23(19-7-3-1-4-8-19)24(17-21)20-9-5-2-6-10-20/h1-17,26-27H. The van der Waals surface area contributed by atoms with Gasteiger partial charge in [-0.25, -0.2) is 0 Å². The fourth-order valence-electron chi connectivity index (χ4n) is 3.30. The summed E-state index contributed by atoms with van der Waals surface area (Å²) in [6.07, 6.45) is 0. The van der Waals surface area contributed by atoms with E-state index in [1.54, 1.807) is 12.1 Å². The Kier molecular flexibility index (Phi) is 4.88. The van der Waals surface area contributed by atoms with E-state index in [0.717, 1.165) is 11.1 Å². The van der Waals surface area contributed by atoms with Crippen molar-refractivity contribution in [3.05, 3.63) is 103 Å². The van der Waals surface area contributed by atoms with Gasteiger partial charge in [0.15, 0.2) is 0 Å². The minimum Gasteiger partial charge on any atom is -0.423 e. The molecule has 4 aromatic rings. The summed E-state index contributed by atoms with van der Waals surface area (Å²) in [6.45, 7) is 0. The van der Waals surface area contributed by atoms with Crippen molar-refractivity contribution in [3.8, 4) is 33.4 Å². The SMILES string of the molecule is OB(O)c1ccc(-c2ccc(-c3ccccc3)c(-c3ccccc3)c2)cc1. The third kappa shape index (κ3) is 3.70. The molecule has 0 aliphatic rings. The van der Waals surface area contributed by atoms with Gasteiger partial charge in [0.05, 0.1) is 0 Å². The van der Waals surface area contributed by atoms with Crippen LogP contribution in [0.1, 0.15) is 0 Å². The molecule has 4 rings (SSSR count). The Morgan fingerprint density at radius 1 is 0.444 bits per heavy atom. The highest BCUT2D eigenvalue weighted by molar-refractivity contribution is 6.58. The molecule has 27 heavy (non-hydrogen) atoms. The smallest absolute Gasteiger partial charge is 0.423 e. The Balaban J connectivity index is 1.84. The molecular formula is C24H19BO2. The number of hydrogen-bond donors (Lipinski definition) is 2. The zero-order valence-corrected chi connectivity index (χ0v) is 14.8. The molecule has 2 N–H and O–H groups in total. The predicted octanol–water partition coefficient (Wildman–Crippen LogP) is 4.37. The summed E-state index contributed by atoms with van der Waals surface area (Å²) in [7, 11) is -1.45. The maximum Gasteiger partial charge on any atom is 0.488 e. The van der Waals surface area contributed by atoms with Gasteiger partial charge in [0.1, 0.15) is 0 Å². The van der Waals surface area contributed by atoms with Gasteiger partial charge in [-0.15, -0.1) is 0 Å². The molecule has 0 spiro atoms. The summed E-state index contributed by atoms with van der Waals surface area (Å²) in [5.74, 6) is 0. The molecule has 0 heterocycles. The van der Waals surface area contributed by atoms with Gasteiger partial charge in [-0.1, -0.05) is 97.1 Å². The summed E-state index contributed by atoms with van der Waals surface area (Å²) in [6, 6.07) is 34.5. The second-order valence-corrected chi connectivity index (χ2v) is 6.49. The van der Waals surface area contributed by atoms with Gasteiger partial charge in [0.25, 0.3) is 0 Å². The molecular weight excluding hydrogens is 331 g/mol. The number of hydrogen-bond acceptors (Lipinski definition) is 2. The Labute approximate surface area is 159 Å². The molecule has 3 heteroatoms. The van der Waals surface area contributed by atoms with Crippen LogP contribution >= 0.6 is 0 Å². The minimum absolute atomic E-state index is 0.489. The molecule has 0 unspecified atom stereocenters. The Morgan fingerprint density at radius 3 is 1.52 bits per heavy atom. The van der Waals surface area contributed by atoms with Gasteiger partial charge in [0, 0.05) is 0 Å². The first-order valence-electron chi connectivity index (χ1n) is 8.94. The molecule has 130 valence electrons. The minimum atomic E-state index is -1.45. The van der Waals surface area contributed by atoms with Crippen LogP contribution in [0.25, 0.3) is 33.4 Å². The Morgan fingerprint density at radius 2 is 0.963 bits per heavy atom. The topological polar surface area (TPSA) is 40.5 Å². The van der Waals surface area contributed by atoms with E-state index in [0.29, 0.717) is 5.46 Å². The molecule has 0 aromatic heterocycles. The van der Waals surface area contributed by atoms with Crippen LogP contribution in [0, 0.1) is 0 Å². The van der Waals surface area contributed by atoms with Gasteiger partial charge in [0.2, 0.25) is 0 Å². The molecule has 0 aliphatic carbocycles. The van der Waals surface area contributed by atoms with Crippen LogP contribution in [0.4, 0.5) is 0 Å². The molecule has 0 aliphatic heterocycles. The molecule has 0 amide bonds. The van der Waals surface area contributed by atoms with Crippen molar-refractivity contribution in [2.75, 3.05) is 0 Å². The fraction of sp³-hybridized carbons (Fsp3) is 0. The van der Waals surface area contributed by atoms with Crippen molar-refractivity contribution in [3.63, 3.8) is 0 Å². The molecule has 0 saturated carbocycles. The molecule has 0 atom stereocenters. The maximum atomic E-state index is 9.30. The third-order valence-corrected chi connectivity index (χ3v) is 4.73. The quantitative estimate of drug-likeness (QED) is 0.537. The van der Waals surface area contributed by atoms with Gasteiger partial charge in [-0.3, -0.25) is 0 Å². The first kappa shape index (κ1) is 17.3. The average molecular weight is 350 g/mol. The zero-order valence-electron chi connectivity index (χ0n) is 14.8. The van der Waals surface area contributed by atoms with Crippen molar-refractivity contribution in [1.82, 2.24) is 0 Å². The number of rotatable bonds is 4. The van der Waals surface area contributed by atoms with Crippen LogP contribution < -0.4 is 5.46 Å². The van der Waals surface area contributed by atoms with E-state index in [9.17, 15) is 10.0 Å². The van der Waals surface area contributed by atoms with Gasteiger partial charge < -0.3 is 10.0 Å². The third-order valence-electron chi connectivity index (χ3n) is 4.73. The van der Waals surface area contributed by atoms with Crippen LogP contribution in [0.2, 0.25) is 0 Å². The lowest BCUT2D eigenvalue weighted by molar-refractivity contribution is 0.426. The highest BCUT2D eigenvalue weighted by Gasteiger charge is 2.12. The largest absolute Gasteiger partial charge is 0.488 e. The maximum absolute atomic E-state index is 9.30. The van der Waals surface area contributed by atoms with Crippen LogP contribution in [-0.4, -0.2) is 17.2 Å². The Hall–Kier alpha value is -3.14. The predicted molar refractivity (Wildman–Crippen MR) is 113 cm³/mol. The van der Waals surface area contributed by atoms with E-state index >= 15 is 0 Å². The van der Waals surface area contributed by atoms with Crippen molar-refractivity contribution in [1.29, 1.82) is 0 Å². The van der Waals surface area contributed by atoms with E-state index in [-0.39, 0.29) is 0 Å². The summed E-state index contributed by atoms with van der Waals surface area (Å²) in [5.41, 5.74) is 7.33. The van der Waals surface area contributed by atoms with Crippen LogP contribution in [0.3, 0.4) is 0 Å². The van der Waals surface area contributed by atoms with Gasteiger partial charge in [-0.05, 0) is 44.9 Å². The molecule has 0 bridgehead atoms. The first-order chi connectivity index (χ1) is 13.2. The van der Waals surface area contributed by atoms with Crippen molar-refractivity contribution in [2.24, 2.45) is 0 Å². The molecule has 4 aromatic carbocycles. The summed E-state index contributed by atoms with van der Waals surface area (Å²) >= 11 is 0. The highest BCUT2D eigenvalue weighted by atomic mass is 16.4. The van der Waals surface area contributed by atoms with Crippen molar-refractivity contribution in [2.45, 2.75) is 0 Å². The second-order valence-electron chi connectivity index (χ2n) is 6.49. The summed E-state index contributed by atoms with van der Waals surface area (Å²) in [4.78, 5) is 0. The molecule has 2 nitrogen and oxygen atoms in total. The van der Waals surface area contributed by atoms with Crippen LogP contribution in [-0.2, 0) is 0 Å². The normalized spacial score (nSPS) is 10.6. The van der Waals surface area contributed by atoms with E-state index in [1.807, 2.05) is 36.4 Å². The van der Waals surface area contributed by atoms with Gasteiger partial charge >= 0.3 is 7.12 Å². The monoisotopic (exact) mass is 350 g/mol. The van der Waals surface area contributed by atoms with Crippen LogP contribution in [0.15, 0.2) is 103 Å². The molecule has 0 radical (unpaired) electrons. The summed E-state index contributed by atoms with van der Waals surface area (Å²) < 4.78 is 0. The van der Waals surface area contributed by atoms with E-state index in [1.165, 1.54) is 22.3 Å². The van der Waals surface area contributed by atoms with Crippen molar-refractivity contribution < 1.29 is 10.0 Å². The lowest BCUT2D eigenvalue weighted by Crippen LogP contribution is -2.29. The lowest BCUT2D eigenvalue weighted by Gasteiger charge is -2.13. The fourth-order valence-corrected chi connectivity index (χ4v) is 3.30. The summed E-state index contributed by atoms with van der Waals surface area (Å²) in [5, 5.41) is 18.6. The Bertz CT molecular complexity index is 1030.